The summed E-state index contributed by atoms with van der Waals surface area (Å²) in [6, 6.07) is 13.2. The molecule has 0 fully saturated rings. The van der Waals surface area contributed by atoms with E-state index in [2.05, 4.69) is 10.3 Å². The fourth-order valence-corrected chi connectivity index (χ4v) is 3.63. The number of nitrogens with zero attached hydrogens (tertiary/aromatic N) is 1. The molecule has 0 aliphatic carbocycles. The van der Waals surface area contributed by atoms with Crippen LogP contribution in [0.3, 0.4) is 0 Å². The summed E-state index contributed by atoms with van der Waals surface area (Å²) in [4.78, 5) is 16.7. The number of benzene rings is 2. The number of thioether (sulfide) groups is 1. The molecule has 1 aliphatic heterocycles. The minimum absolute atomic E-state index is 0.112. The Labute approximate surface area is 148 Å². The predicted octanol–water partition coefficient (Wildman–Crippen LogP) is 3.23. The Morgan fingerprint density at radius 1 is 1.20 bits per heavy atom. The highest BCUT2D eigenvalue weighted by molar-refractivity contribution is 8.13. The molecule has 2 N–H and O–H groups in total. The number of anilines is 1. The Hall–Kier alpha value is -2.25. The van der Waals surface area contributed by atoms with Gasteiger partial charge in [0.25, 0.3) is 0 Å². The summed E-state index contributed by atoms with van der Waals surface area (Å²) in [6.07, 6.45) is -0.977. The van der Waals surface area contributed by atoms with Crippen LogP contribution in [-0.4, -0.2) is 28.7 Å². The zero-order chi connectivity index (χ0) is 17.8. The minimum atomic E-state index is -1.13. The average Bonchev–Trinajstić information content (AvgIpc) is 2.99. The first-order chi connectivity index (χ1) is 12.1. The number of aliphatic hydroxyl groups excluding tert-OH is 1. The van der Waals surface area contributed by atoms with Crippen LogP contribution in [0.5, 0.6) is 0 Å². The van der Waals surface area contributed by atoms with E-state index in [-0.39, 0.29) is 12.2 Å². The number of carbonyl (C=O) groups is 1. The summed E-state index contributed by atoms with van der Waals surface area (Å²) in [7, 11) is 0. The van der Waals surface area contributed by atoms with E-state index in [1.807, 2.05) is 30.3 Å². The summed E-state index contributed by atoms with van der Waals surface area (Å²) in [5.41, 5.74) is 0.809. The number of aliphatic hydroxyl groups is 1. The van der Waals surface area contributed by atoms with Crippen LogP contribution in [-0.2, 0) is 10.5 Å². The van der Waals surface area contributed by atoms with Crippen molar-refractivity contribution in [1.29, 1.82) is 0 Å². The van der Waals surface area contributed by atoms with Crippen LogP contribution < -0.4 is 5.32 Å². The standard InChI is InChI=1S/C18H16F2N2O2S/c19-12-7-4-8-13(16(12)20)22-17(24)15-14(23)9-21-18(15)25-10-11-5-2-1-3-6-11/h1-8,14-15,23H,9-10H2,(H,22,24). The van der Waals surface area contributed by atoms with Crippen molar-refractivity contribution in [2.45, 2.75) is 11.9 Å². The molecule has 2 aromatic carbocycles. The van der Waals surface area contributed by atoms with Gasteiger partial charge in [-0.25, -0.2) is 8.78 Å². The highest BCUT2D eigenvalue weighted by Gasteiger charge is 2.36. The SMILES string of the molecule is O=C(Nc1cccc(F)c1F)C1C(SCc2ccccc2)=NCC1O. The number of nitrogens with one attached hydrogen (secondary N) is 1. The highest BCUT2D eigenvalue weighted by atomic mass is 32.2. The van der Waals surface area contributed by atoms with Gasteiger partial charge in [-0.05, 0) is 17.7 Å². The van der Waals surface area contributed by atoms with Crippen molar-refractivity contribution in [3.05, 3.63) is 65.7 Å². The molecule has 1 aliphatic rings. The lowest BCUT2D eigenvalue weighted by atomic mass is 10.1. The van der Waals surface area contributed by atoms with Gasteiger partial charge in [-0.2, -0.15) is 0 Å². The summed E-state index contributed by atoms with van der Waals surface area (Å²) >= 11 is 1.36. The van der Waals surface area contributed by atoms with Crippen LogP contribution >= 0.6 is 11.8 Å². The fraction of sp³-hybridized carbons (Fsp3) is 0.222. The minimum Gasteiger partial charge on any atom is -0.390 e. The van der Waals surface area contributed by atoms with Gasteiger partial charge in [-0.15, -0.1) is 11.8 Å². The van der Waals surface area contributed by atoms with E-state index < -0.39 is 29.6 Å². The van der Waals surface area contributed by atoms with Gasteiger partial charge < -0.3 is 10.4 Å². The Morgan fingerprint density at radius 2 is 1.96 bits per heavy atom. The van der Waals surface area contributed by atoms with E-state index in [9.17, 15) is 18.7 Å². The monoisotopic (exact) mass is 362 g/mol. The van der Waals surface area contributed by atoms with Crippen LogP contribution in [0.2, 0.25) is 0 Å². The van der Waals surface area contributed by atoms with Gasteiger partial charge in [-0.1, -0.05) is 36.4 Å². The molecular weight excluding hydrogens is 346 g/mol. The first-order valence-corrected chi connectivity index (χ1v) is 8.69. The Kier molecular flexibility index (Phi) is 5.45. The van der Waals surface area contributed by atoms with Crippen molar-refractivity contribution < 1.29 is 18.7 Å². The zero-order valence-corrected chi connectivity index (χ0v) is 14.0. The van der Waals surface area contributed by atoms with Crippen molar-refractivity contribution >= 4 is 28.4 Å². The molecule has 1 amide bonds. The van der Waals surface area contributed by atoms with E-state index in [0.29, 0.717) is 10.8 Å². The number of hydrogen-bond donors (Lipinski definition) is 2. The number of hydrogen-bond acceptors (Lipinski definition) is 4. The molecule has 0 aromatic heterocycles. The molecule has 2 unspecified atom stereocenters. The van der Waals surface area contributed by atoms with Gasteiger partial charge in [-0.3, -0.25) is 9.79 Å². The number of halogens is 2. The van der Waals surface area contributed by atoms with Gasteiger partial charge in [0.05, 0.1) is 23.4 Å². The normalized spacial score (nSPS) is 19.6. The molecule has 0 spiro atoms. The molecule has 2 aromatic rings. The van der Waals surface area contributed by atoms with Gasteiger partial charge >= 0.3 is 0 Å². The van der Waals surface area contributed by atoms with Crippen molar-refractivity contribution in [2.24, 2.45) is 10.9 Å². The second-order valence-electron chi connectivity index (χ2n) is 5.59. The Bertz CT molecular complexity index is 799. The second-order valence-corrected chi connectivity index (χ2v) is 6.58. The molecule has 0 saturated heterocycles. The lowest BCUT2D eigenvalue weighted by Crippen LogP contribution is -2.35. The van der Waals surface area contributed by atoms with Crippen LogP contribution in [0.1, 0.15) is 5.56 Å². The molecule has 7 heteroatoms. The Balaban J connectivity index is 1.69. The van der Waals surface area contributed by atoms with Crippen LogP contribution in [0.25, 0.3) is 0 Å². The van der Waals surface area contributed by atoms with Gasteiger partial charge in [0.15, 0.2) is 11.6 Å². The molecule has 0 bridgehead atoms. The number of amides is 1. The number of carbonyl (C=O) groups excluding carboxylic acids is 1. The van der Waals surface area contributed by atoms with E-state index in [1.54, 1.807) is 0 Å². The lowest BCUT2D eigenvalue weighted by Gasteiger charge is -2.17. The van der Waals surface area contributed by atoms with Gasteiger partial charge in [0, 0.05) is 5.75 Å². The first-order valence-electron chi connectivity index (χ1n) is 7.70. The zero-order valence-electron chi connectivity index (χ0n) is 13.2. The molecule has 25 heavy (non-hydrogen) atoms. The third kappa shape index (κ3) is 4.05. The maximum atomic E-state index is 13.7. The number of aliphatic imine (C=N–C) groups is 1. The van der Waals surface area contributed by atoms with Crippen molar-refractivity contribution in [3.63, 3.8) is 0 Å². The number of rotatable bonds is 4. The summed E-state index contributed by atoms with van der Waals surface area (Å²) < 4.78 is 27.0. The van der Waals surface area contributed by atoms with E-state index in [0.717, 1.165) is 11.6 Å². The Morgan fingerprint density at radius 3 is 2.72 bits per heavy atom. The highest BCUT2D eigenvalue weighted by Crippen LogP contribution is 2.28. The van der Waals surface area contributed by atoms with Crippen molar-refractivity contribution in [1.82, 2.24) is 0 Å². The third-order valence-corrected chi connectivity index (χ3v) is 4.96. The smallest absolute Gasteiger partial charge is 0.236 e. The average molecular weight is 362 g/mol. The summed E-state index contributed by atoms with van der Waals surface area (Å²) in [5.74, 6) is -3.06. The second kappa shape index (κ2) is 7.76. The molecule has 0 radical (unpaired) electrons. The van der Waals surface area contributed by atoms with Crippen LogP contribution in [0.4, 0.5) is 14.5 Å². The molecule has 2 atom stereocenters. The van der Waals surface area contributed by atoms with Crippen LogP contribution in [0, 0.1) is 17.6 Å². The fourth-order valence-electron chi connectivity index (χ4n) is 2.52. The summed E-state index contributed by atoms with van der Waals surface area (Å²) in [5, 5.41) is 12.9. The van der Waals surface area contributed by atoms with Crippen LogP contribution in [0.15, 0.2) is 53.5 Å². The van der Waals surface area contributed by atoms with E-state index >= 15 is 0 Å². The maximum absolute atomic E-state index is 13.7. The first kappa shape index (κ1) is 17.6. The van der Waals surface area contributed by atoms with E-state index in [1.165, 1.54) is 23.9 Å². The van der Waals surface area contributed by atoms with Gasteiger partial charge in [0.2, 0.25) is 5.91 Å². The molecule has 130 valence electrons. The third-order valence-electron chi connectivity index (χ3n) is 3.81. The molecule has 4 nitrogen and oxygen atoms in total. The quantitative estimate of drug-likeness (QED) is 0.878. The molecular formula is C18H16F2N2O2S. The molecule has 1 heterocycles. The summed E-state index contributed by atoms with van der Waals surface area (Å²) in [6.45, 7) is 0.112. The van der Waals surface area contributed by atoms with E-state index in [4.69, 9.17) is 0 Å². The lowest BCUT2D eigenvalue weighted by molar-refractivity contribution is -0.120. The van der Waals surface area contributed by atoms with Gasteiger partial charge in [0.1, 0.15) is 5.92 Å². The van der Waals surface area contributed by atoms with Crippen molar-refractivity contribution in [2.75, 3.05) is 11.9 Å². The topological polar surface area (TPSA) is 61.7 Å². The largest absolute Gasteiger partial charge is 0.390 e. The van der Waals surface area contributed by atoms with Crippen molar-refractivity contribution in [3.8, 4) is 0 Å². The molecule has 3 rings (SSSR count). The predicted molar refractivity (Wildman–Crippen MR) is 94.5 cm³/mol. The maximum Gasteiger partial charge on any atom is 0.236 e. The molecule has 0 saturated carbocycles.